The molecule has 1 aromatic carbocycles. The maximum atomic E-state index is 11.8. The predicted molar refractivity (Wildman–Crippen MR) is 93.5 cm³/mol. The highest BCUT2D eigenvalue weighted by Gasteiger charge is 2.25. The van der Waals surface area contributed by atoms with Crippen molar-refractivity contribution in [1.82, 2.24) is 0 Å². The molecular weight excluding hydrogens is 288 g/mol. The van der Waals surface area contributed by atoms with Crippen molar-refractivity contribution in [2.45, 2.75) is 65.4 Å². The van der Waals surface area contributed by atoms with Crippen molar-refractivity contribution in [3.8, 4) is 5.75 Å². The monoisotopic (exact) mass is 316 g/mol. The summed E-state index contributed by atoms with van der Waals surface area (Å²) in [7, 11) is 0. The first kappa shape index (κ1) is 17.6. The molecule has 3 heteroatoms. The van der Waals surface area contributed by atoms with Crippen molar-refractivity contribution in [1.29, 1.82) is 0 Å². The summed E-state index contributed by atoms with van der Waals surface area (Å²) in [6.45, 7) is 8.02. The van der Waals surface area contributed by atoms with Crippen molar-refractivity contribution < 1.29 is 14.3 Å². The number of allylic oxidation sites excluding steroid dienone is 1. The van der Waals surface area contributed by atoms with Gasteiger partial charge in [-0.25, -0.2) is 4.79 Å². The van der Waals surface area contributed by atoms with Gasteiger partial charge in [-0.3, -0.25) is 0 Å². The molecule has 0 aromatic heterocycles. The van der Waals surface area contributed by atoms with E-state index in [2.05, 4.69) is 19.1 Å². The second-order valence-corrected chi connectivity index (χ2v) is 7.33. The molecule has 0 bridgehead atoms. The molecule has 3 nitrogen and oxygen atoms in total. The van der Waals surface area contributed by atoms with Gasteiger partial charge in [0.05, 0.1) is 0 Å². The van der Waals surface area contributed by atoms with Crippen LogP contribution in [-0.4, -0.2) is 11.8 Å². The van der Waals surface area contributed by atoms with Gasteiger partial charge in [0, 0.05) is 0 Å². The first-order valence-electron chi connectivity index (χ1n) is 8.52. The van der Waals surface area contributed by atoms with Gasteiger partial charge in [-0.2, -0.15) is 0 Å². The number of carbonyl (C=O) groups is 1. The number of carbonyl (C=O) groups excluding carboxylic acids is 1. The Kier molecular flexibility index (Phi) is 5.51. The van der Waals surface area contributed by atoms with E-state index in [0.717, 1.165) is 12.0 Å². The van der Waals surface area contributed by atoms with E-state index in [0.29, 0.717) is 11.2 Å². The molecule has 1 fully saturated rings. The third-order valence-electron chi connectivity index (χ3n) is 4.72. The molecule has 0 heterocycles. The zero-order valence-corrected chi connectivity index (χ0v) is 14.7. The van der Waals surface area contributed by atoms with E-state index in [4.69, 9.17) is 9.47 Å². The van der Waals surface area contributed by atoms with Gasteiger partial charge >= 0.3 is 6.16 Å². The van der Waals surface area contributed by atoms with Crippen LogP contribution in [0.25, 0.3) is 6.08 Å². The fourth-order valence-corrected chi connectivity index (χ4v) is 2.71. The maximum absolute atomic E-state index is 11.8. The third-order valence-corrected chi connectivity index (χ3v) is 4.72. The number of benzene rings is 1. The second-order valence-electron chi connectivity index (χ2n) is 7.33. The topological polar surface area (TPSA) is 35.5 Å². The summed E-state index contributed by atoms with van der Waals surface area (Å²) >= 11 is 0. The highest BCUT2D eigenvalue weighted by molar-refractivity contribution is 5.64. The Hall–Kier alpha value is -1.77. The summed E-state index contributed by atoms with van der Waals surface area (Å²) in [5.41, 5.74) is 0.953. The lowest BCUT2D eigenvalue weighted by Crippen LogP contribution is -2.28. The van der Waals surface area contributed by atoms with Gasteiger partial charge < -0.3 is 9.47 Å². The fraction of sp³-hybridized carbons (Fsp3) is 0.550. The average Bonchev–Trinajstić information content (AvgIpc) is 2.93. The largest absolute Gasteiger partial charge is 0.514 e. The molecule has 23 heavy (non-hydrogen) atoms. The molecule has 0 amide bonds. The summed E-state index contributed by atoms with van der Waals surface area (Å²) in [4.78, 5) is 11.8. The minimum atomic E-state index is -0.654. The lowest BCUT2D eigenvalue weighted by atomic mass is 9.88. The Morgan fingerprint density at radius 1 is 1.22 bits per heavy atom. The molecule has 1 aliphatic carbocycles. The van der Waals surface area contributed by atoms with E-state index < -0.39 is 11.8 Å². The van der Waals surface area contributed by atoms with Crippen LogP contribution < -0.4 is 4.74 Å². The lowest BCUT2D eigenvalue weighted by Gasteiger charge is -2.22. The van der Waals surface area contributed by atoms with E-state index in [1.54, 1.807) is 12.1 Å². The van der Waals surface area contributed by atoms with Crippen molar-refractivity contribution >= 4 is 12.2 Å². The minimum Gasteiger partial charge on any atom is -0.428 e. The molecule has 1 saturated carbocycles. The summed E-state index contributed by atoms with van der Waals surface area (Å²) in [5.74, 6) is 0.506. The van der Waals surface area contributed by atoms with Crippen LogP contribution in [0, 0.1) is 5.41 Å². The molecule has 1 aliphatic rings. The second kappa shape index (κ2) is 7.20. The standard InChI is InChI=1S/C20H28O3/c1-5-19(2,3)23-18(21)22-17-10-8-16(9-11-17)12-15-20(4)13-6-7-14-20/h8-12,15H,5-7,13-14H2,1-4H3. The van der Waals surface area contributed by atoms with Crippen LogP contribution >= 0.6 is 0 Å². The number of ether oxygens (including phenoxy) is 2. The zero-order valence-electron chi connectivity index (χ0n) is 14.7. The normalized spacial score (nSPS) is 17.4. The van der Waals surface area contributed by atoms with Gasteiger partial charge in [-0.15, -0.1) is 0 Å². The Bertz CT molecular complexity index is 549. The highest BCUT2D eigenvalue weighted by atomic mass is 16.7. The van der Waals surface area contributed by atoms with Gasteiger partial charge in [-0.1, -0.05) is 51.0 Å². The zero-order chi connectivity index (χ0) is 16.9. The SMILES string of the molecule is CCC(C)(C)OC(=O)Oc1ccc(C=CC2(C)CCCC2)cc1. The Labute approximate surface area is 139 Å². The number of hydrogen-bond donors (Lipinski definition) is 0. The molecule has 0 unspecified atom stereocenters. The van der Waals surface area contributed by atoms with Crippen LogP contribution in [-0.2, 0) is 4.74 Å². The van der Waals surface area contributed by atoms with E-state index in [-0.39, 0.29) is 0 Å². The average molecular weight is 316 g/mol. The molecule has 0 N–H and O–H groups in total. The van der Waals surface area contributed by atoms with E-state index in [1.807, 2.05) is 32.9 Å². The predicted octanol–water partition coefficient (Wildman–Crippen LogP) is 5.98. The van der Waals surface area contributed by atoms with E-state index in [9.17, 15) is 4.79 Å². The summed E-state index contributed by atoms with van der Waals surface area (Å²) in [6, 6.07) is 7.53. The molecule has 0 saturated heterocycles. The van der Waals surface area contributed by atoms with Gasteiger partial charge in [0.1, 0.15) is 11.4 Å². The molecule has 2 rings (SSSR count). The third kappa shape index (κ3) is 5.42. The number of rotatable bonds is 5. The minimum absolute atomic E-state index is 0.338. The van der Waals surface area contributed by atoms with Crippen LogP contribution in [0.1, 0.15) is 65.4 Å². The maximum Gasteiger partial charge on any atom is 0.514 e. The van der Waals surface area contributed by atoms with E-state index >= 15 is 0 Å². The fourth-order valence-electron chi connectivity index (χ4n) is 2.71. The van der Waals surface area contributed by atoms with Crippen molar-refractivity contribution in [2.24, 2.45) is 5.41 Å². The summed E-state index contributed by atoms with van der Waals surface area (Å²) < 4.78 is 10.5. The Balaban J connectivity index is 1.92. The van der Waals surface area contributed by atoms with Gasteiger partial charge in [0.2, 0.25) is 0 Å². The van der Waals surface area contributed by atoms with E-state index in [1.165, 1.54) is 25.7 Å². The smallest absolute Gasteiger partial charge is 0.428 e. The quantitative estimate of drug-likeness (QED) is 0.495. The summed E-state index contributed by atoms with van der Waals surface area (Å²) in [6.07, 6.45) is 9.74. The Morgan fingerprint density at radius 2 is 1.83 bits per heavy atom. The first-order valence-corrected chi connectivity index (χ1v) is 8.52. The molecule has 0 atom stereocenters. The van der Waals surface area contributed by atoms with Crippen LogP contribution in [0.15, 0.2) is 30.3 Å². The lowest BCUT2D eigenvalue weighted by molar-refractivity contribution is 0.00706. The molecule has 0 spiro atoms. The molecule has 0 aliphatic heterocycles. The van der Waals surface area contributed by atoms with Crippen molar-refractivity contribution in [3.63, 3.8) is 0 Å². The van der Waals surface area contributed by atoms with Crippen molar-refractivity contribution in [3.05, 3.63) is 35.9 Å². The molecule has 0 radical (unpaired) electrons. The van der Waals surface area contributed by atoms with Crippen LogP contribution in [0.4, 0.5) is 4.79 Å². The van der Waals surface area contributed by atoms with Gasteiger partial charge in [0.15, 0.2) is 0 Å². The van der Waals surface area contributed by atoms with Crippen LogP contribution in [0.5, 0.6) is 5.75 Å². The van der Waals surface area contributed by atoms with Gasteiger partial charge in [0.25, 0.3) is 0 Å². The number of hydrogen-bond acceptors (Lipinski definition) is 3. The molecular formula is C20H28O3. The Morgan fingerprint density at radius 3 is 2.39 bits per heavy atom. The summed E-state index contributed by atoms with van der Waals surface area (Å²) in [5, 5.41) is 0. The van der Waals surface area contributed by atoms with Gasteiger partial charge in [-0.05, 0) is 56.2 Å². The molecule has 126 valence electrons. The van der Waals surface area contributed by atoms with Crippen LogP contribution in [0.3, 0.4) is 0 Å². The molecule has 1 aromatic rings. The first-order chi connectivity index (χ1) is 10.8. The van der Waals surface area contributed by atoms with Crippen molar-refractivity contribution in [2.75, 3.05) is 0 Å². The van der Waals surface area contributed by atoms with Crippen LogP contribution in [0.2, 0.25) is 0 Å². The highest BCUT2D eigenvalue weighted by Crippen LogP contribution is 2.39.